The van der Waals surface area contributed by atoms with Gasteiger partial charge in [0, 0.05) is 27.5 Å². The molecular weight excluding hydrogens is 475 g/mol. The summed E-state index contributed by atoms with van der Waals surface area (Å²) >= 11 is 11.2. The molecule has 3 nitrogen and oxygen atoms in total. The molecule has 0 amide bonds. The molecule has 1 unspecified atom stereocenters. The molecule has 29 heavy (non-hydrogen) atoms. The first kappa shape index (κ1) is 19.1. The fraction of sp³-hybridized carbons (Fsp3) is 0.227. The van der Waals surface area contributed by atoms with E-state index in [1.807, 2.05) is 41.1 Å². The number of nitrogens with zero attached hydrogens (tertiary/aromatic N) is 2. The number of hydrogen-bond acceptors (Lipinski definition) is 3. The maximum absolute atomic E-state index is 14.9. The summed E-state index contributed by atoms with van der Waals surface area (Å²) in [6, 6.07) is 10.9. The van der Waals surface area contributed by atoms with Gasteiger partial charge in [0.1, 0.15) is 11.6 Å². The lowest BCUT2D eigenvalue weighted by molar-refractivity contribution is 0.175. The minimum absolute atomic E-state index is 0.326. The fourth-order valence-corrected chi connectivity index (χ4v) is 5.53. The van der Waals surface area contributed by atoms with Gasteiger partial charge in [-0.2, -0.15) is 0 Å². The molecule has 0 N–H and O–H groups in total. The van der Waals surface area contributed by atoms with Crippen molar-refractivity contribution in [3.05, 3.63) is 67.8 Å². The van der Waals surface area contributed by atoms with Crippen LogP contribution in [0.1, 0.15) is 30.0 Å². The lowest BCUT2D eigenvalue weighted by atomic mass is 10.1. The second-order valence-electron chi connectivity index (χ2n) is 7.59. The van der Waals surface area contributed by atoms with Gasteiger partial charge in [-0.15, -0.1) is 11.3 Å². The topological polar surface area (TPSA) is 27.1 Å². The van der Waals surface area contributed by atoms with E-state index >= 15 is 0 Å². The molecular formula is C22H17BrClFN2OS. The normalized spacial score (nSPS) is 15.4. The van der Waals surface area contributed by atoms with E-state index in [2.05, 4.69) is 34.8 Å². The minimum atomic E-state index is -0.414. The predicted molar refractivity (Wildman–Crippen MR) is 119 cm³/mol. The summed E-state index contributed by atoms with van der Waals surface area (Å²) in [7, 11) is 0. The van der Waals surface area contributed by atoms with Crippen LogP contribution in [-0.2, 0) is 6.42 Å². The van der Waals surface area contributed by atoms with Gasteiger partial charge in [0.15, 0.2) is 0 Å². The molecule has 2 aromatic heterocycles. The molecule has 148 valence electrons. The lowest BCUT2D eigenvalue weighted by Crippen LogP contribution is -2.22. The molecule has 0 fully saturated rings. The van der Waals surface area contributed by atoms with Crippen molar-refractivity contribution in [2.24, 2.45) is 5.92 Å². The number of halogens is 3. The standard InChI is InChI=1S/C22H17BrClFN2OS/c1-11(2)5-20-26-10-19(29-20)22-27-16-4-3-14(24)6-12(16)7-17(27)21-15(25)8-13(23)9-18(21)28-22/h3-4,6-11,22H,5H2,1-2H3. The Morgan fingerprint density at radius 3 is 2.90 bits per heavy atom. The molecule has 5 rings (SSSR count). The summed E-state index contributed by atoms with van der Waals surface area (Å²) in [5, 5.41) is 2.67. The molecule has 1 atom stereocenters. The second-order valence-corrected chi connectivity index (χ2v) is 10.1. The van der Waals surface area contributed by atoms with E-state index in [0.29, 0.717) is 26.7 Å². The van der Waals surface area contributed by atoms with Crippen LogP contribution in [0.25, 0.3) is 22.2 Å². The molecule has 0 radical (unpaired) electrons. The molecule has 0 spiro atoms. The van der Waals surface area contributed by atoms with Crippen molar-refractivity contribution in [3.63, 3.8) is 0 Å². The van der Waals surface area contributed by atoms with Crippen LogP contribution in [0.4, 0.5) is 4.39 Å². The zero-order valence-corrected chi connectivity index (χ0v) is 18.9. The van der Waals surface area contributed by atoms with Gasteiger partial charge >= 0.3 is 0 Å². The molecule has 2 aromatic carbocycles. The molecule has 3 heterocycles. The number of fused-ring (bicyclic) bond motifs is 5. The Hall–Kier alpha value is -1.89. The van der Waals surface area contributed by atoms with Gasteiger partial charge in [-0.3, -0.25) is 4.57 Å². The smallest absolute Gasteiger partial charge is 0.213 e. The van der Waals surface area contributed by atoms with E-state index in [1.54, 1.807) is 11.3 Å². The molecule has 1 aliphatic rings. The Kier molecular flexibility index (Phi) is 4.68. The monoisotopic (exact) mass is 490 g/mol. The van der Waals surface area contributed by atoms with Crippen molar-refractivity contribution >= 4 is 49.8 Å². The van der Waals surface area contributed by atoms with E-state index in [-0.39, 0.29) is 5.82 Å². The largest absolute Gasteiger partial charge is 0.464 e. The molecule has 0 aliphatic carbocycles. The van der Waals surface area contributed by atoms with Crippen LogP contribution in [0, 0.1) is 11.7 Å². The number of thiazole rings is 1. The molecule has 0 saturated carbocycles. The van der Waals surface area contributed by atoms with Gasteiger partial charge in [-0.05, 0) is 42.3 Å². The molecule has 0 bridgehead atoms. The van der Waals surface area contributed by atoms with Crippen molar-refractivity contribution in [2.75, 3.05) is 0 Å². The third-order valence-corrected chi connectivity index (χ3v) is 6.69. The van der Waals surface area contributed by atoms with E-state index in [9.17, 15) is 4.39 Å². The van der Waals surface area contributed by atoms with Crippen LogP contribution < -0.4 is 4.74 Å². The summed E-state index contributed by atoms with van der Waals surface area (Å²) in [6.07, 6.45) is 2.38. The van der Waals surface area contributed by atoms with Crippen molar-refractivity contribution in [1.82, 2.24) is 9.55 Å². The molecule has 7 heteroatoms. The summed E-state index contributed by atoms with van der Waals surface area (Å²) in [6.45, 7) is 4.35. The van der Waals surface area contributed by atoms with Gasteiger partial charge in [-0.1, -0.05) is 41.4 Å². The van der Waals surface area contributed by atoms with Crippen LogP contribution in [0.3, 0.4) is 0 Å². The van der Waals surface area contributed by atoms with Crippen molar-refractivity contribution < 1.29 is 9.13 Å². The highest BCUT2D eigenvalue weighted by Crippen LogP contribution is 2.47. The van der Waals surface area contributed by atoms with Crippen LogP contribution in [0.2, 0.25) is 5.02 Å². The quantitative estimate of drug-likeness (QED) is 0.297. The van der Waals surface area contributed by atoms with Gasteiger partial charge in [0.25, 0.3) is 0 Å². The van der Waals surface area contributed by atoms with Gasteiger partial charge in [0.2, 0.25) is 6.23 Å². The third-order valence-electron chi connectivity index (χ3n) is 4.95. The van der Waals surface area contributed by atoms with Crippen molar-refractivity contribution in [1.29, 1.82) is 0 Å². The Balaban J connectivity index is 1.74. The maximum atomic E-state index is 14.9. The van der Waals surface area contributed by atoms with Crippen molar-refractivity contribution in [3.8, 4) is 17.0 Å². The number of ether oxygens (including phenoxy) is 1. The summed E-state index contributed by atoms with van der Waals surface area (Å²) in [4.78, 5) is 5.58. The van der Waals surface area contributed by atoms with Crippen LogP contribution in [0.15, 0.2) is 47.1 Å². The first-order valence-corrected chi connectivity index (χ1v) is 11.3. The predicted octanol–water partition coefficient (Wildman–Crippen LogP) is 7.46. The zero-order valence-electron chi connectivity index (χ0n) is 15.7. The van der Waals surface area contributed by atoms with Crippen LogP contribution in [0.5, 0.6) is 5.75 Å². The van der Waals surface area contributed by atoms with Crippen molar-refractivity contribution in [2.45, 2.75) is 26.5 Å². The fourth-order valence-electron chi connectivity index (χ4n) is 3.78. The first-order chi connectivity index (χ1) is 13.9. The SMILES string of the molecule is CC(C)Cc1ncc(C2Oc3cc(Br)cc(F)c3-c3cc4cc(Cl)ccc4n32)s1. The number of benzene rings is 2. The molecule has 0 saturated heterocycles. The zero-order chi connectivity index (χ0) is 20.3. The van der Waals surface area contributed by atoms with E-state index < -0.39 is 6.23 Å². The highest BCUT2D eigenvalue weighted by molar-refractivity contribution is 9.10. The average Bonchev–Trinajstić information content (AvgIpc) is 3.23. The van der Waals surface area contributed by atoms with Crippen LogP contribution >= 0.6 is 38.9 Å². The molecule has 4 aromatic rings. The maximum Gasteiger partial charge on any atom is 0.213 e. The Labute approximate surface area is 185 Å². The number of hydrogen-bond donors (Lipinski definition) is 0. The summed E-state index contributed by atoms with van der Waals surface area (Å²) in [5.41, 5.74) is 2.18. The highest BCUT2D eigenvalue weighted by Gasteiger charge is 2.32. The Morgan fingerprint density at radius 2 is 2.10 bits per heavy atom. The summed E-state index contributed by atoms with van der Waals surface area (Å²) in [5.74, 6) is 0.715. The van der Waals surface area contributed by atoms with Gasteiger partial charge in [-0.25, -0.2) is 9.37 Å². The highest BCUT2D eigenvalue weighted by atomic mass is 79.9. The van der Waals surface area contributed by atoms with E-state index in [0.717, 1.165) is 32.9 Å². The van der Waals surface area contributed by atoms with Gasteiger partial charge < -0.3 is 4.74 Å². The van der Waals surface area contributed by atoms with Crippen LogP contribution in [-0.4, -0.2) is 9.55 Å². The van der Waals surface area contributed by atoms with E-state index in [1.165, 1.54) is 6.07 Å². The number of rotatable bonds is 3. The van der Waals surface area contributed by atoms with Gasteiger partial charge in [0.05, 0.1) is 26.7 Å². The Bertz CT molecular complexity index is 1250. The first-order valence-electron chi connectivity index (χ1n) is 9.32. The molecule has 1 aliphatic heterocycles. The number of aromatic nitrogens is 2. The average molecular weight is 492 g/mol. The third kappa shape index (κ3) is 3.27. The Morgan fingerprint density at radius 1 is 1.28 bits per heavy atom. The lowest BCUT2D eigenvalue weighted by Gasteiger charge is -2.29. The summed E-state index contributed by atoms with van der Waals surface area (Å²) < 4.78 is 24.0. The van der Waals surface area contributed by atoms with E-state index in [4.69, 9.17) is 16.3 Å². The minimum Gasteiger partial charge on any atom is -0.464 e. The second kappa shape index (κ2) is 7.11.